The van der Waals surface area contributed by atoms with E-state index in [1.165, 1.54) is 20.9 Å². The van der Waals surface area contributed by atoms with Crippen molar-refractivity contribution in [1.29, 1.82) is 0 Å². The molecule has 2 aromatic carbocycles. The smallest absolute Gasteiger partial charge is 0.0292 e. The number of nitrogens with two attached hydrogens (primary N) is 1. The van der Waals surface area contributed by atoms with Crippen LogP contribution in [0.5, 0.6) is 0 Å². The normalized spacial score (nSPS) is 12.4. The molecule has 0 aromatic heterocycles. The summed E-state index contributed by atoms with van der Waals surface area (Å²) in [6.45, 7) is 4.25. The molecule has 18 heavy (non-hydrogen) atoms. The predicted molar refractivity (Wildman–Crippen MR) is 79.0 cm³/mol. The molecule has 0 saturated carbocycles. The largest absolute Gasteiger partial charge is 0.324 e. The lowest BCUT2D eigenvalue weighted by Crippen LogP contribution is -2.07. The first-order valence-corrected chi connectivity index (χ1v) is 7.11. The van der Waals surface area contributed by atoms with Crippen LogP contribution in [-0.2, 0) is 0 Å². The lowest BCUT2D eigenvalue weighted by Gasteiger charge is -2.10. The third kappa shape index (κ3) is 3.15. The average Bonchev–Trinajstić information content (AvgIpc) is 2.41. The molecule has 2 rings (SSSR count). The molecule has 2 heteroatoms. The van der Waals surface area contributed by atoms with Gasteiger partial charge in [0.15, 0.2) is 0 Å². The van der Waals surface area contributed by atoms with Gasteiger partial charge in [0.25, 0.3) is 0 Å². The molecule has 0 aliphatic rings. The minimum absolute atomic E-state index is 0.155. The molecule has 0 saturated heterocycles. The molecule has 0 aliphatic carbocycles. The lowest BCUT2D eigenvalue weighted by molar-refractivity contribution is 0.698. The second-order valence-corrected chi connectivity index (χ2v) is 5.57. The summed E-state index contributed by atoms with van der Waals surface area (Å²) in [5.74, 6) is 0. The molecule has 0 aliphatic heterocycles. The van der Waals surface area contributed by atoms with Gasteiger partial charge in [0.1, 0.15) is 0 Å². The molecule has 0 fully saturated rings. The van der Waals surface area contributed by atoms with E-state index < -0.39 is 0 Å². The first-order chi connectivity index (χ1) is 8.70. The van der Waals surface area contributed by atoms with Crippen LogP contribution >= 0.6 is 11.8 Å². The number of aryl methyl sites for hydroxylation is 1. The Hall–Kier alpha value is -1.25. The van der Waals surface area contributed by atoms with Crippen LogP contribution < -0.4 is 5.73 Å². The van der Waals surface area contributed by atoms with Crippen LogP contribution in [0.2, 0.25) is 0 Å². The van der Waals surface area contributed by atoms with Crippen molar-refractivity contribution in [3.8, 4) is 0 Å². The van der Waals surface area contributed by atoms with Crippen molar-refractivity contribution in [3.63, 3.8) is 0 Å². The first kappa shape index (κ1) is 13.2. The van der Waals surface area contributed by atoms with E-state index >= 15 is 0 Å². The van der Waals surface area contributed by atoms with E-state index in [9.17, 15) is 0 Å². The molecule has 2 N–H and O–H groups in total. The molecule has 0 radical (unpaired) electrons. The van der Waals surface area contributed by atoms with E-state index in [4.69, 9.17) is 5.73 Å². The maximum absolute atomic E-state index is 6.01. The highest BCUT2D eigenvalue weighted by atomic mass is 32.2. The maximum atomic E-state index is 6.01. The Balaban J connectivity index is 2.14. The van der Waals surface area contributed by atoms with Gasteiger partial charge in [-0.1, -0.05) is 49.0 Å². The van der Waals surface area contributed by atoms with Gasteiger partial charge >= 0.3 is 0 Å². The van der Waals surface area contributed by atoms with Crippen molar-refractivity contribution in [2.24, 2.45) is 5.73 Å². The van der Waals surface area contributed by atoms with Crippen LogP contribution in [0.4, 0.5) is 0 Å². The number of rotatable bonds is 4. The Kier molecular flexibility index (Phi) is 4.45. The molecule has 1 nitrogen and oxygen atoms in total. The van der Waals surface area contributed by atoms with E-state index in [2.05, 4.69) is 62.4 Å². The summed E-state index contributed by atoms with van der Waals surface area (Å²) in [5.41, 5.74) is 8.55. The van der Waals surface area contributed by atoms with Crippen LogP contribution in [0, 0.1) is 6.92 Å². The molecule has 0 amide bonds. The Morgan fingerprint density at radius 2 is 1.72 bits per heavy atom. The highest BCUT2D eigenvalue weighted by Crippen LogP contribution is 2.30. The van der Waals surface area contributed by atoms with Crippen molar-refractivity contribution in [2.45, 2.75) is 36.1 Å². The van der Waals surface area contributed by atoms with Crippen LogP contribution in [0.1, 0.15) is 30.5 Å². The van der Waals surface area contributed by atoms with Crippen LogP contribution in [0.25, 0.3) is 0 Å². The van der Waals surface area contributed by atoms with Gasteiger partial charge in [-0.3, -0.25) is 0 Å². The van der Waals surface area contributed by atoms with Crippen LogP contribution in [0.3, 0.4) is 0 Å². The number of hydrogen-bond acceptors (Lipinski definition) is 2. The van der Waals surface area contributed by atoms with Gasteiger partial charge in [0.05, 0.1) is 0 Å². The van der Waals surface area contributed by atoms with E-state index in [0.717, 1.165) is 6.42 Å². The summed E-state index contributed by atoms with van der Waals surface area (Å²) in [7, 11) is 0. The third-order valence-corrected chi connectivity index (χ3v) is 4.26. The van der Waals surface area contributed by atoms with Crippen molar-refractivity contribution in [2.75, 3.05) is 0 Å². The summed E-state index contributed by atoms with van der Waals surface area (Å²) in [4.78, 5) is 2.57. The SMILES string of the molecule is CC[C@@H](N)c1ccc(Sc2ccccc2C)cc1. The van der Waals surface area contributed by atoms with E-state index in [-0.39, 0.29) is 6.04 Å². The molecule has 94 valence electrons. The van der Waals surface area contributed by atoms with E-state index in [0.29, 0.717) is 0 Å². The molecule has 0 heterocycles. The van der Waals surface area contributed by atoms with Crippen molar-refractivity contribution in [3.05, 3.63) is 59.7 Å². The Morgan fingerprint density at radius 1 is 1.06 bits per heavy atom. The minimum atomic E-state index is 0.155. The lowest BCUT2D eigenvalue weighted by atomic mass is 10.1. The van der Waals surface area contributed by atoms with Crippen molar-refractivity contribution in [1.82, 2.24) is 0 Å². The van der Waals surface area contributed by atoms with Gasteiger partial charge in [0.2, 0.25) is 0 Å². The van der Waals surface area contributed by atoms with Crippen LogP contribution in [-0.4, -0.2) is 0 Å². The first-order valence-electron chi connectivity index (χ1n) is 6.29. The molecule has 0 bridgehead atoms. The quantitative estimate of drug-likeness (QED) is 0.869. The zero-order valence-electron chi connectivity index (χ0n) is 10.9. The van der Waals surface area contributed by atoms with Gasteiger partial charge in [0, 0.05) is 15.8 Å². The average molecular weight is 257 g/mol. The predicted octanol–water partition coefficient (Wildman–Crippen LogP) is 4.56. The van der Waals surface area contributed by atoms with Crippen molar-refractivity contribution >= 4 is 11.8 Å². The fourth-order valence-electron chi connectivity index (χ4n) is 1.82. The van der Waals surface area contributed by atoms with Gasteiger partial charge in [-0.15, -0.1) is 0 Å². The standard InChI is InChI=1S/C16H19NS/c1-3-15(17)13-8-10-14(11-9-13)18-16-7-5-4-6-12(16)2/h4-11,15H,3,17H2,1-2H3/t15-/m1/s1. The minimum Gasteiger partial charge on any atom is -0.324 e. The van der Waals surface area contributed by atoms with E-state index in [1.54, 1.807) is 11.8 Å². The second-order valence-electron chi connectivity index (χ2n) is 4.45. The molecule has 1 atom stereocenters. The summed E-state index contributed by atoms with van der Waals surface area (Å²) in [6.07, 6.45) is 0.976. The zero-order chi connectivity index (χ0) is 13.0. The monoisotopic (exact) mass is 257 g/mol. The second kappa shape index (κ2) is 6.07. The van der Waals surface area contributed by atoms with Gasteiger partial charge in [-0.25, -0.2) is 0 Å². The van der Waals surface area contributed by atoms with Crippen molar-refractivity contribution < 1.29 is 0 Å². The summed E-state index contributed by atoms with van der Waals surface area (Å²) < 4.78 is 0. The fraction of sp³-hybridized carbons (Fsp3) is 0.250. The Labute approximate surface area is 113 Å². The summed E-state index contributed by atoms with van der Waals surface area (Å²) in [6, 6.07) is 17.2. The zero-order valence-corrected chi connectivity index (χ0v) is 11.7. The number of benzene rings is 2. The highest BCUT2D eigenvalue weighted by Gasteiger charge is 2.04. The van der Waals surface area contributed by atoms with Crippen LogP contribution in [0.15, 0.2) is 58.3 Å². The molecule has 2 aromatic rings. The van der Waals surface area contributed by atoms with Gasteiger partial charge < -0.3 is 5.73 Å². The topological polar surface area (TPSA) is 26.0 Å². The van der Waals surface area contributed by atoms with E-state index in [1.807, 2.05) is 0 Å². The fourth-order valence-corrected chi connectivity index (χ4v) is 2.72. The molecular weight excluding hydrogens is 238 g/mol. The maximum Gasteiger partial charge on any atom is 0.0292 e. The van der Waals surface area contributed by atoms with Gasteiger partial charge in [-0.2, -0.15) is 0 Å². The molecular formula is C16H19NS. The molecule has 0 spiro atoms. The molecule has 0 unspecified atom stereocenters. The Morgan fingerprint density at radius 3 is 2.33 bits per heavy atom. The van der Waals surface area contributed by atoms with Gasteiger partial charge in [-0.05, 0) is 42.7 Å². The summed E-state index contributed by atoms with van der Waals surface area (Å²) >= 11 is 1.80. The third-order valence-electron chi connectivity index (χ3n) is 3.07. The summed E-state index contributed by atoms with van der Waals surface area (Å²) in [5, 5.41) is 0. The highest BCUT2D eigenvalue weighted by molar-refractivity contribution is 7.99. The number of hydrogen-bond donors (Lipinski definition) is 1. The Bertz CT molecular complexity index is 505.